The van der Waals surface area contributed by atoms with Crippen LogP contribution in [0.15, 0.2) is 206 Å². The van der Waals surface area contributed by atoms with Crippen LogP contribution in [0.4, 0.5) is 28.4 Å². The van der Waals surface area contributed by atoms with Crippen molar-refractivity contribution in [2.45, 2.75) is 32.1 Å². The maximum Gasteiger partial charge on any atom is 0.0502 e. The van der Waals surface area contributed by atoms with Crippen LogP contribution in [-0.4, -0.2) is 6.54 Å². The zero-order chi connectivity index (χ0) is 41.4. The zero-order valence-corrected chi connectivity index (χ0v) is 35.1. The first-order valence-electron chi connectivity index (χ1n) is 22.1. The van der Waals surface area contributed by atoms with E-state index in [2.05, 4.69) is 230 Å². The molecule has 0 bridgehead atoms. The SMILES string of the molecule is CC1(C)c2ccccc2N(c2ccc(-c3cc(-c4ccccc4)c(-c4ccc(N5CCCc6ccccc65)cc4)c4c5ccccc5c5ccccc5c34)cc2)c2ccccc21. The molecule has 0 atom stereocenters. The maximum atomic E-state index is 2.50. The molecule has 0 amide bonds. The molecular formula is C60H46N2. The third-order valence-electron chi connectivity index (χ3n) is 13.7. The smallest absolute Gasteiger partial charge is 0.0502 e. The molecule has 0 saturated heterocycles. The summed E-state index contributed by atoms with van der Waals surface area (Å²) in [5.41, 5.74) is 17.5. The minimum Gasteiger partial charge on any atom is -0.341 e. The van der Waals surface area contributed by atoms with Gasteiger partial charge in [0, 0.05) is 29.0 Å². The van der Waals surface area contributed by atoms with E-state index in [0.717, 1.165) is 25.1 Å². The van der Waals surface area contributed by atoms with E-state index in [0.29, 0.717) is 0 Å². The minimum atomic E-state index is -0.110. The van der Waals surface area contributed by atoms with Gasteiger partial charge in [-0.1, -0.05) is 172 Å². The lowest BCUT2D eigenvalue weighted by molar-refractivity contribution is 0.632. The monoisotopic (exact) mass is 794 g/mol. The molecular weight excluding hydrogens is 749 g/mol. The fraction of sp³-hybridized carbons (Fsp3) is 0.100. The molecule has 2 heterocycles. The zero-order valence-electron chi connectivity index (χ0n) is 35.1. The summed E-state index contributed by atoms with van der Waals surface area (Å²) in [5, 5.41) is 7.65. The fourth-order valence-electron chi connectivity index (χ4n) is 10.8. The Morgan fingerprint density at radius 1 is 0.403 bits per heavy atom. The quantitative estimate of drug-likeness (QED) is 0.160. The Bertz CT molecular complexity index is 3290. The number of fused-ring (bicyclic) bond motifs is 9. The molecule has 0 radical (unpaired) electrons. The van der Waals surface area contributed by atoms with Gasteiger partial charge in [-0.05, 0) is 144 Å². The van der Waals surface area contributed by atoms with Crippen molar-refractivity contribution in [3.8, 4) is 33.4 Å². The second-order valence-corrected chi connectivity index (χ2v) is 17.5. The van der Waals surface area contributed by atoms with Crippen LogP contribution in [0, 0.1) is 0 Å². The average molecular weight is 795 g/mol. The lowest BCUT2D eigenvalue weighted by Gasteiger charge is -2.42. The molecule has 2 nitrogen and oxygen atoms in total. The summed E-state index contributed by atoms with van der Waals surface area (Å²) >= 11 is 0. The highest BCUT2D eigenvalue weighted by atomic mass is 15.2. The van der Waals surface area contributed by atoms with Gasteiger partial charge in [0.15, 0.2) is 0 Å². The Balaban J connectivity index is 1.10. The first-order chi connectivity index (χ1) is 30.5. The van der Waals surface area contributed by atoms with Crippen LogP contribution in [-0.2, 0) is 11.8 Å². The van der Waals surface area contributed by atoms with E-state index in [1.165, 1.54) is 105 Å². The molecule has 0 saturated carbocycles. The van der Waals surface area contributed by atoms with Crippen molar-refractivity contribution in [1.29, 1.82) is 0 Å². The summed E-state index contributed by atoms with van der Waals surface area (Å²) < 4.78 is 0. The Morgan fingerprint density at radius 3 is 1.56 bits per heavy atom. The molecule has 0 aromatic heterocycles. The maximum absolute atomic E-state index is 2.50. The first-order valence-corrected chi connectivity index (χ1v) is 22.1. The van der Waals surface area contributed by atoms with Gasteiger partial charge in [-0.15, -0.1) is 0 Å². The lowest BCUT2D eigenvalue weighted by atomic mass is 9.73. The van der Waals surface area contributed by atoms with Crippen LogP contribution < -0.4 is 9.80 Å². The van der Waals surface area contributed by atoms with Gasteiger partial charge in [0.2, 0.25) is 0 Å². The van der Waals surface area contributed by atoms with Crippen molar-refractivity contribution in [2.75, 3.05) is 16.3 Å². The molecule has 296 valence electrons. The Morgan fingerprint density at radius 2 is 0.903 bits per heavy atom. The number of para-hydroxylation sites is 3. The van der Waals surface area contributed by atoms with Crippen molar-refractivity contribution < 1.29 is 0 Å². The second-order valence-electron chi connectivity index (χ2n) is 17.5. The van der Waals surface area contributed by atoms with Crippen molar-refractivity contribution in [3.63, 3.8) is 0 Å². The van der Waals surface area contributed by atoms with Crippen molar-refractivity contribution in [3.05, 3.63) is 223 Å². The van der Waals surface area contributed by atoms with Gasteiger partial charge in [-0.2, -0.15) is 0 Å². The second kappa shape index (κ2) is 14.4. The number of rotatable bonds is 5. The number of nitrogens with zero attached hydrogens (tertiary/aromatic N) is 2. The molecule has 10 aromatic carbocycles. The first kappa shape index (κ1) is 36.4. The molecule has 2 aliphatic rings. The summed E-state index contributed by atoms with van der Waals surface area (Å²) in [5.74, 6) is 0. The standard InChI is InChI=1S/C60H46N2/c1-60(2)52-25-11-14-28-55(52)62(56-29-15-12-26-53(56)60)45-36-30-41(31-37-45)51-39-50(40-17-4-3-5-18-40)57(59-49-24-10-8-22-47(49)46-21-7-9-23-48(46)58(51)59)43-32-34-44(35-33-43)61-38-16-20-42-19-6-13-27-54(42)61/h3-15,17-19,21-37,39H,16,20,38H2,1-2H3. The lowest BCUT2D eigenvalue weighted by Crippen LogP contribution is -2.30. The number of hydrogen-bond donors (Lipinski definition) is 0. The predicted octanol–water partition coefficient (Wildman–Crippen LogP) is 16.3. The molecule has 2 aliphatic heterocycles. The summed E-state index contributed by atoms with van der Waals surface area (Å²) in [6.07, 6.45) is 2.28. The van der Waals surface area contributed by atoms with Gasteiger partial charge in [-0.3, -0.25) is 0 Å². The van der Waals surface area contributed by atoms with Gasteiger partial charge < -0.3 is 9.80 Å². The van der Waals surface area contributed by atoms with Crippen LogP contribution in [0.25, 0.3) is 65.7 Å². The topological polar surface area (TPSA) is 6.48 Å². The van der Waals surface area contributed by atoms with Gasteiger partial charge in [-0.25, -0.2) is 0 Å². The highest BCUT2D eigenvalue weighted by Crippen LogP contribution is 2.53. The van der Waals surface area contributed by atoms with E-state index in [4.69, 9.17) is 0 Å². The average Bonchev–Trinajstić information content (AvgIpc) is 3.34. The highest BCUT2D eigenvalue weighted by Gasteiger charge is 2.36. The van der Waals surface area contributed by atoms with E-state index in [1.807, 2.05) is 0 Å². The third kappa shape index (κ3) is 5.63. The van der Waals surface area contributed by atoms with Crippen LogP contribution in [0.3, 0.4) is 0 Å². The Kier molecular flexibility index (Phi) is 8.44. The van der Waals surface area contributed by atoms with E-state index < -0.39 is 0 Å². The third-order valence-corrected chi connectivity index (χ3v) is 13.7. The summed E-state index contributed by atoms with van der Waals surface area (Å²) in [7, 11) is 0. The summed E-state index contributed by atoms with van der Waals surface area (Å²) in [4.78, 5) is 4.95. The van der Waals surface area contributed by atoms with Crippen LogP contribution in [0.5, 0.6) is 0 Å². The predicted molar refractivity (Wildman–Crippen MR) is 264 cm³/mol. The number of hydrogen-bond acceptors (Lipinski definition) is 2. The van der Waals surface area contributed by atoms with Gasteiger partial charge in [0.1, 0.15) is 0 Å². The van der Waals surface area contributed by atoms with Crippen LogP contribution in [0.2, 0.25) is 0 Å². The van der Waals surface area contributed by atoms with Gasteiger partial charge >= 0.3 is 0 Å². The van der Waals surface area contributed by atoms with Crippen LogP contribution >= 0.6 is 0 Å². The van der Waals surface area contributed by atoms with E-state index in [1.54, 1.807) is 0 Å². The number of benzene rings is 10. The Hall–Kier alpha value is -7.42. The molecule has 10 aromatic rings. The van der Waals surface area contributed by atoms with Gasteiger partial charge in [0.05, 0.1) is 11.4 Å². The molecule has 0 unspecified atom stereocenters. The molecule has 0 spiro atoms. The number of anilines is 5. The normalized spacial score (nSPS) is 14.2. The summed E-state index contributed by atoms with van der Waals surface area (Å²) in [6, 6.07) is 77.0. The Labute approximate surface area is 364 Å². The van der Waals surface area contributed by atoms with Crippen molar-refractivity contribution in [1.82, 2.24) is 0 Å². The fourth-order valence-corrected chi connectivity index (χ4v) is 10.8. The molecule has 62 heavy (non-hydrogen) atoms. The van der Waals surface area contributed by atoms with E-state index >= 15 is 0 Å². The summed E-state index contributed by atoms with van der Waals surface area (Å²) in [6.45, 7) is 5.72. The van der Waals surface area contributed by atoms with Crippen molar-refractivity contribution in [2.24, 2.45) is 0 Å². The van der Waals surface area contributed by atoms with Crippen molar-refractivity contribution >= 4 is 60.8 Å². The van der Waals surface area contributed by atoms with E-state index in [9.17, 15) is 0 Å². The van der Waals surface area contributed by atoms with Crippen LogP contribution in [0.1, 0.15) is 37.0 Å². The molecule has 12 rings (SSSR count). The molecule has 2 heteroatoms. The van der Waals surface area contributed by atoms with E-state index in [-0.39, 0.29) is 5.41 Å². The highest BCUT2D eigenvalue weighted by molar-refractivity contribution is 6.33. The molecule has 0 fully saturated rings. The largest absolute Gasteiger partial charge is 0.341 e. The molecule has 0 N–H and O–H groups in total. The minimum absolute atomic E-state index is 0.110. The van der Waals surface area contributed by atoms with Gasteiger partial charge in [0.25, 0.3) is 0 Å². The number of aryl methyl sites for hydroxylation is 1. The molecule has 0 aliphatic carbocycles.